The van der Waals surface area contributed by atoms with Crippen molar-refractivity contribution in [3.63, 3.8) is 0 Å². The molecule has 0 bridgehead atoms. The predicted molar refractivity (Wildman–Crippen MR) is 72.3 cm³/mol. The zero-order valence-electron chi connectivity index (χ0n) is 10.1. The number of nitrogen functional groups attached to an aromatic ring is 1. The Hall–Kier alpha value is -2.36. The van der Waals surface area contributed by atoms with Crippen molar-refractivity contribution in [1.82, 2.24) is 0 Å². The summed E-state index contributed by atoms with van der Waals surface area (Å²) >= 11 is 0. The maximum atomic E-state index is 10.6. The molecule has 4 nitrogen and oxygen atoms in total. The fourth-order valence-corrected chi connectivity index (χ4v) is 2.02. The van der Waals surface area contributed by atoms with Crippen LogP contribution in [0.5, 0.6) is 0 Å². The number of nitro benzene ring substituents is 1. The van der Waals surface area contributed by atoms with Crippen LogP contribution >= 0.6 is 0 Å². The summed E-state index contributed by atoms with van der Waals surface area (Å²) < 4.78 is 0. The van der Waals surface area contributed by atoms with Gasteiger partial charge in [0.05, 0.1) is 4.92 Å². The van der Waals surface area contributed by atoms with Gasteiger partial charge in [0.25, 0.3) is 5.69 Å². The molecule has 0 unspecified atom stereocenters. The van der Waals surface area contributed by atoms with E-state index in [2.05, 4.69) is 6.92 Å². The van der Waals surface area contributed by atoms with E-state index in [1.165, 1.54) is 12.1 Å². The van der Waals surface area contributed by atoms with Crippen LogP contribution in [-0.4, -0.2) is 4.92 Å². The van der Waals surface area contributed by atoms with Crippen LogP contribution < -0.4 is 5.73 Å². The Bertz CT molecular complexity index is 577. The largest absolute Gasteiger partial charge is 0.398 e. The van der Waals surface area contributed by atoms with E-state index in [4.69, 9.17) is 5.73 Å². The highest BCUT2D eigenvalue weighted by Gasteiger charge is 2.10. The molecule has 0 aromatic heterocycles. The van der Waals surface area contributed by atoms with Gasteiger partial charge in [0.15, 0.2) is 0 Å². The number of hydrogen-bond acceptors (Lipinski definition) is 3. The van der Waals surface area contributed by atoms with Crippen molar-refractivity contribution in [2.75, 3.05) is 5.73 Å². The Kier molecular flexibility index (Phi) is 3.28. The third-order valence-electron chi connectivity index (χ3n) is 2.93. The molecular weight excluding hydrogens is 228 g/mol. The molecule has 0 radical (unpaired) electrons. The van der Waals surface area contributed by atoms with Crippen molar-refractivity contribution in [3.05, 3.63) is 58.1 Å². The first-order valence-electron chi connectivity index (χ1n) is 5.75. The zero-order chi connectivity index (χ0) is 13.1. The summed E-state index contributed by atoms with van der Waals surface area (Å²) in [4.78, 5) is 10.2. The van der Waals surface area contributed by atoms with Gasteiger partial charge in [-0.3, -0.25) is 10.1 Å². The average molecular weight is 242 g/mol. The molecule has 0 aliphatic rings. The summed E-state index contributed by atoms with van der Waals surface area (Å²) in [7, 11) is 0. The number of hydrogen-bond donors (Lipinski definition) is 1. The SMILES string of the molecule is CCc1cccc(N)c1-c1ccc([N+](=O)[O-])cc1. The van der Waals surface area contributed by atoms with Gasteiger partial charge in [-0.2, -0.15) is 0 Å². The summed E-state index contributed by atoms with van der Waals surface area (Å²) in [6.45, 7) is 2.06. The molecule has 92 valence electrons. The molecule has 2 N–H and O–H groups in total. The van der Waals surface area contributed by atoms with Gasteiger partial charge in [-0.05, 0) is 35.7 Å². The lowest BCUT2D eigenvalue weighted by atomic mass is 9.96. The summed E-state index contributed by atoms with van der Waals surface area (Å²) in [5.41, 5.74) is 9.80. The van der Waals surface area contributed by atoms with Gasteiger partial charge >= 0.3 is 0 Å². The number of non-ortho nitro benzene ring substituents is 1. The van der Waals surface area contributed by atoms with Crippen LogP contribution in [-0.2, 0) is 6.42 Å². The van der Waals surface area contributed by atoms with Crippen molar-refractivity contribution in [3.8, 4) is 11.1 Å². The number of anilines is 1. The Labute approximate surface area is 105 Å². The third-order valence-corrected chi connectivity index (χ3v) is 2.93. The highest BCUT2D eigenvalue weighted by Crippen LogP contribution is 2.31. The van der Waals surface area contributed by atoms with E-state index in [9.17, 15) is 10.1 Å². The van der Waals surface area contributed by atoms with E-state index in [1.54, 1.807) is 12.1 Å². The molecule has 0 saturated carbocycles. The Morgan fingerprint density at radius 3 is 2.39 bits per heavy atom. The predicted octanol–water partition coefficient (Wildman–Crippen LogP) is 3.41. The van der Waals surface area contributed by atoms with Crippen molar-refractivity contribution < 1.29 is 4.92 Å². The van der Waals surface area contributed by atoms with Crippen LogP contribution in [0.15, 0.2) is 42.5 Å². The third kappa shape index (κ3) is 2.18. The second kappa shape index (κ2) is 4.87. The first-order chi connectivity index (χ1) is 8.63. The van der Waals surface area contributed by atoms with Crippen LogP contribution in [0.4, 0.5) is 11.4 Å². The second-order valence-corrected chi connectivity index (χ2v) is 4.04. The Morgan fingerprint density at radius 1 is 1.17 bits per heavy atom. The standard InChI is InChI=1S/C14H14N2O2/c1-2-10-4-3-5-13(15)14(10)11-6-8-12(9-7-11)16(17)18/h3-9H,2,15H2,1H3. The molecule has 2 aromatic carbocycles. The lowest BCUT2D eigenvalue weighted by molar-refractivity contribution is -0.384. The van der Waals surface area contributed by atoms with E-state index < -0.39 is 4.92 Å². The normalized spacial score (nSPS) is 10.3. The number of aryl methyl sites for hydroxylation is 1. The lowest BCUT2D eigenvalue weighted by Gasteiger charge is -2.11. The Balaban J connectivity index is 2.52. The monoisotopic (exact) mass is 242 g/mol. The van der Waals surface area contributed by atoms with E-state index >= 15 is 0 Å². The number of nitrogens with two attached hydrogens (primary N) is 1. The molecule has 0 atom stereocenters. The number of benzene rings is 2. The maximum Gasteiger partial charge on any atom is 0.269 e. The van der Waals surface area contributed by atoms with Gasteiger partial charge in [-0.1, -0.05) is 19.1 Å². The quantitative estimate of drug-likeness (QED) is 0.509. The van der Waals surface area contributed by atoms with Gasteiger partial charge in [-0.15, -0.1) is 0 Å². The van der Waals surface area contributed by atoms with E-state index in [0.717, 1.165) is 23.1 Å². The summed E-state index contributed by atoms with van der Waals surface area (Å²) in [6.07, 6.45) is 0.872. The van der Waals surface area contributed by atoms with Crippen molar-refractivity contribution in [2.45, 2.75) is 13.3 Å². The maximum absolute atomic E-state index is 10.6. The van der Waals surface area contributed by atoms with Crippen molar-refractivity contribution >= 4 is 11.4 Å². The second-order valence-electron chi connectivity index (χ2n) is 4.04. The first kappa shape index (κ1) is 12.1. The molecule has 0 amide bonds. The zero-order valence-corrected chi connectivity index (χ0v) is 10.1. The first-order valence-corrected chi connectivity index (χ1v) is 5.75. The molecule has 0 aliphatic heterocycles. The summed E-state index contributed by atoms with van der Waals surface area (Å²) in [5, 5.41) is 10.6. The lowest BCUT2D eigenvalue weighted by Crippen LogP contribution is -1.95. The molecule has 0 spiro atoms. The van der Waals surface area contributed by atoms with Gasteiger partial charge in [0.2, 0.25) is 0 Å². The van der Waals surface area contributed by atoms with Gasteiger partial charge in [0, 0.05) is 23.4 Å². The molecule has 2 aromatic rings. The molecule has 0 fully saturated rings. The van der Waals surface area contributed by atoms with E-state index in [0.29, 0.717) is 5.69 Å². The van der Waals surface area contributed by atoms with Crippen LogP contribution in [0.2, 0.25) is 0 Å². The highest BCUT2D eigenvalue weighted by molar-refractivity contribution is 5.79. The van der Waals surface area contributed by atoms with Crippen LogP contribution in [0, 0.1) is 10.1 Å². The number of rotatable bonds is 3. The molecule has 18 heavy (non-hydrogen) atoms. The molecule has 0 heterocycles. The highest BCUT2D eigenvalue weighted by atomic mass is 16.6. The van der Waals surface area contributed by atoms with Gasteiger partial charge in [-0.25, -0.2) is 0 Å². The smallest absolute Gasteiger partial charge is 0.269 e. The number of nitro groups is 1. The molecule has 0 aliphatic carbocycles. The fourth-order valence-electron chi connectivity index (χ4n) is 2.02. The minimum atomic E-state index is -0.404. The summed E-state index contributed by atoms with van der Waals surface area (Å²) in [6, 6.07) is 12.3. The van der Waals surface area contributed by atoms with Gasteiger partial charge < -0.3 is 5.73 Å². The van der Waals surface area contributed by atoms with Crippen LogP contribution in [0.25, 0.3) is 11.1 Å². The average Bonchev–Trinajstić information content (AvgIpc) is 2.38. The minimum Gasteiger partial charge on any atom is -0.398 e. The summed E-state index contributed by atoms with van der Waals surface area (Å²) in [5.74, 6) is 0. The fraction of sp³-hybridized carbons (Fsp3) is 0.143. The number of nitrogens with zero attached hydrogens (tertiary/aromatic N) is 1. The molecule has 2 rings (SSSR count). The van der Waals surface area contributed by atoms with Crippen LogP contribution in [0.1, 0.15) is 12.5 Å². The molecule has 0 saturated heterocycles. The van der Waals surface area contributed by atoms with Gasteiger partial charge in [0.1, 0.15) is 0 Å². The minimum absolute atomic E-state index is 0.0892. The molecular formula is C14H14N2O2. The van der Waals surface area contributed by atoms with E-state index in [-0.39, 0.29) is 5.69 Å². The van der Waals surface area contributed by atoms with Crippen molar-refractivity contribution in [1.29, 1.82) is 0 Å². The topological polar surface area (TPSA) is 69.2 Å². The van der Waals surface area contributed by atoms with E-state index in [1.807, 2.05) is 18.2 Å². The Morgan fingerprint density at radius 2 is 1.83 bits per heavy atom. The van der Waals surface area contributed by atoms with Crippen molar-refractivity contribution in [2.24, 2.45) is 0 Å². The van der Waals surface area contributed by atoms with Crippen LogP contribution in [0.3, 0.4) is 0 Å². The molecule has 4 heteroatoms.